The summed E-state index contributed by atoms with van der Waals surface area (Å²) in [7, 11) is 0. The highest BCUT2D eigenvalue weighted by Crippen LogP contribution is 2.07. The van der Waals surface area contributed by atoms with Crippen LogP contribution in [-0.4, -0.2) is 33.3 Å². The van der Waals surface area contributed by atoms with E-state index in [4.69, 9.17) is 5.73 Å². The molecule has 6 nitrogen and oxygen atoms in total. The van der Waals surface area contributed by atoms with E-state index in [1.54, 1.807) is 6.20 Å². The third-order valence-corrected chi connectivity index (χ3v) is 3.25. The van der Waals surface area contributed by atoms with E-state index in [-0.39, 0.29) is 18.0 Å². The molecule has 0 bridgehead atoms. The first-order chi connectivity index (χ1) is 10.3. The number of hydrogen-bond acceptors (Lipinski definition) is 4. The first-order valence-electron chi connectivity index (χ1n) is 7.34. The Kier molecular flexibility index (Phi) is 4.92. The van der Waals surface area contributed by atoms with Crippen LogP contribution in [0.5, 0.6) is 0 Å². The first kappa shape index (κ1) is 16.2. The number of aryl methyl sites for hydroxylation is 1. The number of amides is 1. The van der Waals surface area contributed by atoms with Gasteiger partial charge in [-0.1, -0.05) is 19.9 Å². The lowest BCUT2D eigenvalue weighted by Crippen LogP contribution is -2.36. The quantitative estimate of drug-likeness (QED) is 0.861. The maximum Gasteiger partial charge on any atom is 0.258 e. The van der Waals surface area contributed by atoms with Gasteiger partial charge in [-0.15, -0.1) is 0 Å². The topological polar surface area (TPSA) is 80.7 Å². The SMILES string of the molecule is Cc1ccc2nc(CN(CC(N)=O)CC(C)C)cc(=O)n2c1. The van der Waals surface area contributed by atoms with E-state index in [9.17, 15) is 9.59 Å². The van der Waals surface area contributed by atoms with Crippen molar-refractivity contribution in [3.05, 3.63) is 46.0 Å². The Morgan fingerprint density at radius 1 is 1.41 bits per heavy atom. The van der Waals surface area contributed by atoms with Crippen molar-refractivity contribution >= 4 is 11.6 Å². The summed E-state index contributed by atoms with van der Waals surface area (Å²) in [6.07, 6.45) is 1.77. The van der Waals surface area contributed by atoms with E-state index < -0.39 is 0 Å². The van der Waals surface area contributed by atoms with Gasteiger partial charge < -0.3 is 5.73 Å². The van der Waals surface area contributed by atoms with Crippen molar-refractivity contribution in [3.8, 4) is 0 Å². The Labute approximate surface area is 129 Å². The lowest BCUT2D eigenvalue weighted by atomic mass is 10.2. The summed E-state index contributed by atoms with van der Waals surface area (Å²) in [5.74, 6) is 0.0114. The second-order valence-electron chi connectivity index (χ2n) is 6.05. The molecule has 0 aliphatic heterocycles. The van der Waals surface area contributed by atoms with Gasteiger partial charge in [0.15, 0.2) is 0 Å². The van der Waals surface area contributed by atoms with Crippen LogP contribution in [0.1, 0.15) is 25.1 Å². The second-order valence-corrected chi connectivity index (χ2v) is 6.05. The van der Waals surface area contributed by atoms with Crippen molar-refractivity contribution in [2.24, 2.45) is 11.7 Å². The van der Waals surface area contributed by atoms with Gasteiger partial charge in [0.2, 0.25) is 5.91 Å². The average molecular weight is 302 g/mol. The summed E-state index contributed by atoms with van der Waals surface area (Å²) >= 11 is 0. The average Bonchev–Trinajstić information content (AvgIpc) is 2.38. The number of carbonyl (C=O) groups is 1. The van der Waals surface area contributed by atoms with Crippen LogP contribution in [0.2, 0.25) is 0 Å². The van der Waals surface area contributed by atoms with Gasteiger partial charge in [0.05, 0.1) is 12.2 Å². The Bertz CT molecular complexity index is 736. The lowest BCUT2D eigenvalue weighted by Gasteiger charge is -2.22. The fraction of sp³-hybridized carbons (Fsp3) is 0.438. The van der Waals surface area contributed by atoms with Crippen LogP contribution >= 0.6 is 0 Å². The molecule has 0 saturated carbocycles. The molecule has 0 atom stereocenters. The summed E-state index contributed by atoms with van der Waals surface area (Å²) in [5.41, 5.74) is 7.43. The monoisotopic (exact) mass is 302 g/mol. The van der Waals surface area contributed by atoms with Gasteiger partial charge in [-0.2, -0.15) is 0 Å². The summed E-state index contributed by atoms with van der Waals surface area (Å²) in [6, 6.07) is 5.25. The molecule has 22 heavy (non-hydrogen) atoms. The van der Waals surface area contributed by atoms with Crippen LogP contribution in [0.4, 0.5) is 0 Å². The zero-order valence-corrected chi connectivity index (χ0v) is 13.2. The molecule has 6 heteroatoms. The van der Waals surface area contributed by atoms with Crippen molar-refractivity contribution in [2.75, 3.05) is 13.1 Å². The summed E-state index contributed by atoms with van der Waals surface area (Å²) in [6.45, 7) is 7.38. The minimum Gasteiger partial charge on any atom is -0.369 e. The number of nitrogens with two attached hydrogens (primary N) is 1. The van der Waals surface area contributed by atoms with E-state index in [0.717, 1.165) is 12.1 Å². The van der Waals surface area contributed by atoms with Gasteiger partial charge in [0.25, 0.3) is 5.56 Å². The Morgan fingerprint density at radius 2 is 2.14 bits per heavy atom. The lowest BCUT2D eigenvalue weighted by molar-refractivity contribution is -0.119. The third-order valence-electron chi connectivity index (χ3n) is 3.25. The van der Waals surface area contributed by atoms with E-state index >= 15 is 0 Å². The van der Waals surface area contributed by atoms with E-state index in [0.29, 0.717) is 23.8 Å². The van der Waals surface area contributed by atoms with Crippen LogP contribution in [0.25, 0.3) is 5.65 Å². The van der Waals surface area contributed by atoms with Crippen molar-refractivity contribution in [1.82, 2.24) is 14.3 Å². The van der Waals surface area contributed by atoms with Crippen LogP contribution in [-0.2, 0) is 11.3 Å². The van der Waals surface area contributed by atoms with E-state index in [2.05, 4.69) is 18.8 Å². The van der Waals surface area contributed by atoms with Crippen molar-refractivity contribution < 1.29 is 4.79 Å². The van der Waals surface area contributed by atoms with Gasteiger partial charge in [-0.25, -0.2) is 4.98 Å². The molecule has 0 aliphatic rings. The molecular weight excluding hydrogens is 280 g/mol. The molecule has 0 aromatic carbocycles. The fourth-order valence-electron chi connectivity index (χ4n) is 2.49. The molecule has 2 N–H and O–H groups in total. The van der Waals surface area contributed by atoms with Gasteiger partial charge in [0.1, 0.15) is 5.65 Å². The minimum atomic E-state index is -0.381. The Hall–Kier alpha value is -2.21. The second kappa shape index (κ2) is 6.70. The summed E-state index contributed by atoms with van der Waals surface area (Å²) in [5, 5.41) is 0. The van der Waals surface area contributed by atoms with Gasteiger partial charge in [-0.3, -0.25) is 18.9 Å². The molecule has 0 radical (unpaired) electrons. The number of nitrogens with zero attached hydrogens (tertiary/aromatic N) is 3. The van der Waals surface area contributed by atoms with Gasteiger partial charge in [0, 0.05) is 25.4 Å². The number of rotatable bonds is 6. The molecule has 0 spiro atoms. The molecule has 118 valence electrons. The zero-order chi connectivity index (χ0) is 16.3. The smallest absolute Gasteiger partial charge is 0.258 e. The number of aromatic nitrogens is 2. The number of pyridine rings is 1. The highest BCUT2D eigenvalue weighted by molar-refractivity contribution is 5.75. The van der Waals surface area contributed by atoms with Gasteiger partial charge in [-0.05, 0) is 24.5 Å². The predicted molar refractivity (Wildman–Crippen MR) is 85.5 cm³/mol. The van der Waals surface area contributed by atoms with Crippen molar-refractivity contribution in [2.45, 2.75) is 27.3 Å². The van der Waals surface area contributed by atoms with Crippen LogP contribution in [0.15, 0.2) is 29.2 Å². The van der Waals surface area contributed by atoms with Gasteiger partial charge >= 0.3 is 0 Å². The van der Waals surface area contributed by atoms with E-state index in [1.807, 2.05) is 24.0 Å². The zero-order valence-electron chi connectivity index (χ0n) is 13.2. The van der Waals surface area contributed by atoms with Crippen LogP contribution in [0.3, 0.4) is 0 Å². The molecule has 2 rings (SSSR count). The Balaban J connectivity index is 2.31. The maximum absolute atomic E-state index is 12.2. The van der Waals surface area contributed by atoms with Crippen LogP contribution < -0.4 is 11.3 Å². The maximum atomic E-state index is 12.2. The standard InChI is InChI=1S/C16H22N4O2/c1-11(2)7-19(10-14(17)21)9-13-6-16(22)20-8-12(3)4-5-15(20)18-13/h4-6,8,11H,7,9-10H2,1-3H3,(H2,17,21). The van der Waals surface area contributed by atoms with Crippen molar-refractivity contribution in [1.29, 1.82) is 0 Å². The summed E-state index contributed by atoms with van der Waals surface area (Å²) in [4.78, 5) is 29.8. The van der Waals surface area contributed by atoms with Crippen molar-refractivity contribution in [3.63, 3.8) is 0 Å². The molecular formula is C16H22N4O2. The highest BCUT2D eigenvalue weighted by atomic mass is 16.1. The number of hydrogen-bond donors (Lipinski definition) is 1. The predicted octanol–water partition coefficient (Wildman–Crippen LogP) is 0.946. The molecule has 0 unspecified atom stereocenters. The third kappa shape index (κ3) is 4.14. The molecule has 2 heterocycles. The first-order valence-corrected chi connectivity index (χ1v) is 7.34. The molecule has 1 amide bonds. The molecule has 0 fully saturated rings. The van der Waals surface area contributed by atoms with E-state index in [1.165, 1.54) is 10.5 Å². The Morgan fingerprint density at radius 3 is 2.77 bits per heavy atom. The minimum absolute atomic E-state index is 0.118. The van der Waals surface area contributed by atoms with Crippen LogP contribution in [0, 0.1) is 12.8 Å². The fourth-order valence-corrected chi connectivity index (χ4v) is 2.49. The number of carbonyl (C=O) groups excluding carboxylic acids is 1. The summed E-state index contributed by atoms with van der Waals surface area (Å²) < 4.78 is 1.53. The molecule has 0 aliphatic carbocycles. The normalized spacial score (nSPS) is 11.5. The highest BCUT2D eigenvalue weighted by Gasteiger charge is 2.13. The molecule has 0 saturated heterocycles. The molecule has 2 aromatic heterocycles. The number of primary amides is 1. The largest absolute Gasteiger partial charge is 0.369 e. The number of fused-ring (bicyclic) bond motifs is 1. The molecule has 2 aromatic rings.